The molecular weight excluding hydrogens is 384 g/mol. The van der Waals surface area contributed by atoms with Crippen LogP contribution in [0.3, 0.4) is 0 Å². The molecule has 4 aromatic rings. The number of fused-ring (bicyclic) bond motifs is 2. The molecule has 0 aliphatic carbocycles. The molecule has 1 heterocycles. The Hall–Kier alpha value is -2.37. The summed E-state index contributed by atoms with van der Waals surface area (Å²) in [6.45, 7) is 5.08. The Kier molecular flexibility index (Phi) is 5.38. The summed E-state index contributed by atoms with van der Waals surface area (Å²) in [5, 5.41) is 2.18. The molecule has 0 unspecified atom stereocenters. The maximum atomic E-state index is 12.9. The van der Waals surface area contributed by atoms with Gasteiger partial charge in [0.25, 0.3) is 5.91 Å². The van der Waals surface area contributed by atoms with Gasteiger partial charge in [0.2, 0.25) is 0 Å². The highest BCUT2D eigenvalue weighted by Crippen LogP contribution is 2.24. The molecule has 3 aromatic carbocycles. The fraction of sp³-hybridized carbons (Fsp3) is 0.217. The van der Waals surface area contributed by atoms with Gasteiger partial charge in [0.1, 0.15) is 0 Å². The van der Waals surface area contributed by atoms with E-state index >= 15 is 0 Å². The van der Waals surface area contributed by atoms with Gasteiger partial charge in [-0.05, 0) is 60.2 Å². The fourth-order valence-electron chi connectivity index (χ4n) is 3.47. The fourth-order valence-corrected chi connectivity index (χ4v) is 4.94. The molecule has 0 aliphatic heterocycles. The maximum absolute atomic E-state index is 12.9. The second kappa shape index (κ2) is 7.94. The Morgan fingerprint density at radius 1 is 1.07 bits per heavy atom. The van der Waals surface area contributed by atoms with Crippen LogP contribution in [-0.2, 0) is 6.54 Å². The first-order valence-corrected chi connectivity index (χ1v) is 11.5. The van der Waals surface area contributed by atoms with E-state index in [-0.39, 0.29) is 5.91 Å². The lowest BCUT2D eigenvalue weighted by Gasteiger charge is -2.05. The first-order valence-electron chi connectivity index (χ1n) is 9.24. The van der Waals surface area contributed by atoms with Crippen LogP contribution in [0.2, 0.25) is 0 Å². The highest BCUT2D eigenvalue weighted by atomic mass is 32.2. The largest absolute Gasteiger partial charge is 0.315 e. The number of amides is 1. The predicted molar refractivity (Wildman–Crippen MR) is 122 cm³/mol. The smallest absolute Gasteiger partial charge is 0.279 e. The van der Waals surface area contributed by atoms with E-state index in [9.17, 15) is 4.79 Å². The zero-order valence-corrected chi connectivity index (χ0v) is 17.9. The summed E-state index contributed by atoms with van der Waals surface area (Å²) in [7, 11) is 0. The van der Waals surface area contributed by atoms with Crippen LogP contribution in [-0.4, -0.2) is 22.5 Å². The van der Waals surface area contributed by atoms with E-state index in [1.807, 2.05) is 42.5 Å². The van der Waals surface area contributed by atoms with Gasteiger partial charge in [-0.3, -0.25) is 4.79 Å². The highest BCUT2D eigenvalue weighted by Gasteiger charge is 2.12. The number of nitrogens with zero attached hydrogens (tertiary/aromatic N) is 2. The number of thiazole rings is 1. The predicted octanol–water partition coefficient (Wildman–Crippen LogP) is 5.58. The van der Waals surface area contributed by atoms with E-state index in [0.717, 1.165) is 27.9 Å². The number of benzene rings is 3. The Morgan fingerprint density at radius 3 is 2.64 bits per heavy atom. The Morgan fingerprint density at radius 2 is 1.86 bits per heavy atom. The average molecular weight is 407 g/mol. The lowest BCUT2D eigenvalue weighted by Crippen LogP contribution is -2.18. The maximum Gasteiger partial charge on any atom is 0.279 e. The normalized spacial score (nSPS) is 12.2. The molecule has 5 heteroatoms. The van der Waals surface area contributed by atoms with Gasteiger partial charge in [-0.25, -0.2) is 0 Å². The lowest BCUT2D eigenvalue weighted by molar-refractivity contribution is 0.0998. The average Bonchev–Trinajstić information content (AvgIpc) is 3.03. The topological polar surface area (TPSA) is 34.4 Å². The molecule has 0 bridgehead atoms. The summed E-state index contributed by atoms with van der Waals surface area (Å²) in [5.74, 6) is 0.792. The van der Waals surface area contributed by atoms with Crippen molar-refractivity contribution in [1.82, 2.24) is 4.57 Å². The monoisotopic (exact) mass is 406 g/mol. The minimum atomic E-state index is -0.190. The van der Waals surface area contributed by atoms with Crippen molar-refractivity contribution in [3.05, 3.63) is 76.1 Å². The van der Waals surface area contributed by atoms with Gasteiger partial charge in [0, 0.05) is 17.9 Å². The van der Waals surface area contributed by atoms with Crippen LogP contribution in [0.1, 0.15) is 21.5 Å². The minimum Gasteiger partial charge on any atom is -0.315 e. The van der Waals surface area contributed by atoms with Gasteiger partial charge in [-0.2, -0.15) is 16.8 Å². The molecule has 4 rings (SSSR count). The molecule has 0 aliphatic rings. The van der Waals surface area contributed by atoms with Crippen molar-refractivity contribution in [2.24, 2.45) is 4.99 Å². The van der Waals surface area contributed by atoms with Gasteiger partial charge < -0.3 is 4.57 Å². The summed E-state index contributed by atoms with van der Waals surface area (Å²) in [4.78, 5) is 18.2. The molecule has 0 fully saturated rings. The second-order valence-electron chi connectivity index (χ2n) is 6.94. The van der Waals surface area contributed by atoms with E-state index < -0.39 is 0 Å². The molecule has 0 N–H and O–H groups in total. The molecule has 0 atom stereocenters. The van der Waals surface area contributed by atoms with Gasteiger partial charge in [-0.1, -0.05) is 47.7 Å². The summed E-state index contributed by atoms with van der Waals surface area (Å²) in [6.07, 6.45) is 2.10. The van der Waals surface area contributed by atoms with E-state index in [4.69, 9.17) is 0 Å². The summed E-state index contributed by atoms with van der Waals surface area (Å²) in [5.41, 5.74) is 4.26. The third-order valence-electron chi connectivity index (χ3n) is 4.83. The Labute approximate surface area is 172 Å². The van der Waals surface area contributed by atoms with Gasteiger partial charge in [0.15, 0.2) is 4.80 Å². The van der Waals surface area contributed by atoms with Crippen molar-refractivity contribution in [3.63, 3.8) is 0 Å². The third-order valence-corrected chi connectivity index (χ3v) is 6.65. The minimum absolute atomic E-state index is 0.190. The number of aromatic nitrogens is 1. The lowest BCUT2D eigenvalue weighted by atomic mass is 10.1. The van der Waals surface area contributed by atoms with Crippen LogP contribution in [0.25, 0.3) is 21.0 Å². The van der Waals surface area contributed by atoms with Crippen molar-refractivity contribution in [2.75, 3.05) is 12.0 Å². The zero-order chi connectivity index (χ0) is 19.7. The zero-order valence-electron chi connectivity index (χ0n) is 16.2. The van der Waals surface area contributed by atoms with Crippen molar-refractivity contribution in [1.29, 1.82) is 0 Å². The van der Waals surface area contributed by atoms with Crippen LogP contribution in [0.4, 0.5) is 0 Å². The van der Waals surface area contributed by atoms with Gasteiger partial charge >= 0.3 is 0 Å². The molecule has 0 saturated heterocycles. The van der Waals surface area contributed by atoms with Crippen molar-refractivity contribution < 1.29 is 4.79 Å². The molecule has 1 amide bonds. The quantitative estimate of drug-likeness (QED) is 0.443. The summed E-state index contributed by atoms with van der Waals surface area (Å²) < 4.78 is 3.40. The molecule has 3 nitrogen and oxygen atoms in total. The standard InChI is InChI=1S/C23H22N2OS2/c1-15-12-16(2)21-20(13-15)25(10-11-27-3)23(28-21)24-22(26)19-9-8-17-6-4-5-7-18(17)14-19/h4-9,12-14H,10-11H2,1-3H3. The summed E-state index contributed by atoms with van der Waals surface area (Å²) in [6, 6.07) is 18.2. The van der Waals surface area contributed by atoms with Crippen LogP contribution in [0, 0.1) is 13.8 Å². The second-order valence-corrected chi connectivity index (χ2v) is 8.90. The Bertz CT molecular complexity index is 1250. The van der Waals surface area contributed by atoms with E-state index in [0.29, 0.717) is 5.56 Å². The molecule has 0 saturated carbocycles. The number of hydrogen-bond acceptors (Lipinski definition) is 3. The van der Waals surface area contributed by atoms with Crippen LogP contribution in [0.5, 0.6) is 0 Å². The Balaban J connectivity index is 1.84. The first-order chi connectivity index (χ1) is 13.6. The number of carbonyl (C=O) groups is 1. The van der Waals surface area contributed by atoms with Crippen molar-refractivity contribution in [3.8, 4) is 0 Å². The van der Waals surface area contributed by atoms with Crippen LogP contribution < -0.4 is 4.80 Å². The molecule has 28 heavy (non-hydrogen) atoms. The van der Waals surface area contributed by atoms with E-state index in [1.54, 1.807) is 23.1 Å². The highest BCUT2D eigenvalue weighted by molar-refractivity contribution is 7.98. The van der Waals surface area contributed by atoms with Crippen molar-refractivity contribution in [2.45, 2.75) is 20.4 Å². The SMILES string of the molecule is CSCCn1c(=NC(=O)c2ccc3ccccc3c2)sc2c(C)cc(C)cc21. The number of aryl methyl sites for hydroxylation is 3. The molecule has 0 radical (unpaired) electrons. The number of carbonyl (C=O) groups excluding carboxylic acids is 1. The van der Waals surface area contributed by atoms with Crippen molar-refractivity contribution >= 4 is 50.0 Å². The molecule has 0 spiro atoms. The molecule has 1 aromatic heterocycles. The number of rotatable bonds is 4. The molecular formula is C23H22N2OS2. The number of thioether (sulfide) groups is 1. The first kappa shape index (κ1) is 19.0. The third kappa shape index (κ3) is 3.64. The molecule has 142 valence electrons. The van der Waals surface area contributed by atoms with Gasteiger partial charge in [-0.15, -0.1) is 0 Å². The van der Waals surface area contributed by atoms with Gasteiger partial charge in [0.05, 0.1) is 10.2 Å². The van der Waals surface area contributed by atoms with Crippen LogP contribution in [0.15, 0.2) is 59.6 Å². The van der Waals surface area contributed by atoms with E-state index in [1.165, 1.54) is 21.3 Å². The number of hydrogen-bond donors (Lipinski definition) is 0. The summed E-state index contributed by atoms with van der Waals surface area (Å²) >= 11 is 3.40. The van der Waals surface area contributed by atoms with Crippen LogP contribution >= 0.6 is 23.1 Å². The van der Waals surface area contributed by atoms with E-state index in [2.05, 4.69) is 41.8 Å².